The second kappa shape index (κ2) is 12.7. The molecule has 3 aromatic rings. The van der Waals surface area contributed by atoms with Crippen molar-refractivity contribution in [3.63, 3.8) is 0 Å². The fourth-order valence-electron chi connectivity index (χ4n) is 4.10. The molecule has 0 bridgehead atoms. The number of rotatable bonds is 9. The number of methoxy groups -OCH3 is 1. The first-order valence-electron chi connectivity index (χ1n) is 12.3. The van der Waals surface area contributed by atoms with Crippen molar-refractivity contribution < 1.29 is 27.5 Å². The van der Waals surface area contributed by atoms with Crippen molar-refractivity contribution >= 4 is 68.6 Å². The summed E-state index contributed by atoms with van der Waals surface area (Å²) in [6.45, 7) is 0.290. The maximum absolute atomic E-state index is 13.9. The van der Waals surface area contributed by atoms with Crippen LogP contribution in [0.3, 0.4) is 0 Å². The van der Waals surface area contributed by atoms with Gasteiger partial charge in [0.25, 0.3) is 5.91 Å². The van der Waals surface area contributed by atoms with E-state index in [0.717, 1.165) is 23.8 Å². The zero-order valence-corrected chi connectivity index (χ0v) is 25.3. The number of halogens is 7. The molecule has 0 aliphatic heterocycles. The third-order valence-electron chi connectivity index (χ3n) is 6.59. The van der Waals surface area contributed by atoms with Crippen LogP contribution in [0.25, 0.3) is 6.08 Å². The highest BCUT2D eigenvalue weighted by atomic mass is 79.9. The zero-order valence-electron chi connectivity index (χ0n) is 21.4. The van der Waals surface area contributed by atoms with Gasteiger partial charge in [-0.05, 0) is 81.9 Å². The van der Waals surface area contributed by atoms with E-state index in [1.54, 1.807) is 19.2 Å². The van der Waals surface area contributed by atoms with Crippen molar-refractivity contribution in [3.8, 4) is 5.75 Å². The largest absolute Gasteiger partial charge is 0.497 e. The number of amides is 2. The van der Waals surface area contributed by atoms with Gasteiger partial charge in [-0.1, -0.05) is 65.2 Å². The second-order valence-electron chi connectivity index (χ2n) is 9.48. The summed E-state index contributed by atoms with van der Waals surface area (Å²) in [6.07, 6.45) is -1.38. The van der Waals surface area contributed by atoms with Gasteiger partial charge in [0.05, 0.1) is 33.7 Å². The Morgan fingerprint density at radius 3 is 2.22 bits per heavy atom. The number of nitrogens with one attached hydrogen (secondary N) is 2. The standard InChI is InChI=1S/C29H23BrCl3F3N2O3/c1-41-19-6-2-17(3-7-19)15-37-27(40)28(10-11-28)38-26(39)20-8-4-16(12-22(20)30)5-9-21(29(34,35)36)18-13-23(31)25(33)24(32)14-18/h2-9,12-14,21H,10-11,15H2,1H3,(H,37,40)(H,38,39)/b9-5+. The maximum Gasteiger partial charge on any atom is 0.399 e. The lowest BCUT2D eigenvalue weighted by Crippen LogP contribution is -2.48. The van der Waals surface area contributed by atoms with Crippen molar-refractivity contribution in [1.29, 1.82) is 0 Å². The van der Waals surface area contributed by atoms with Crippen LogP contribution in [0, 0.1) is 0 Å². The highest BCUT2D eigenvalue weighted by Gasteiger charge is 2.51. The summed E-state index contributed by atoms with van der Waals surface area (Å²) >= 11 is 21.1. The molecule has 0 saturated heterocycles. The average Bonchev–Trinajstić information content (AvgIpc) is 3.70. The minimum Gasteiger partial charge on any atom is -0.497 e. The van der Waals surface area contributed by atoms with Crippen LogP contribution in [0.1, 0.15) is 45.8 Å². The van der Waals surface area contributed by atoms with Gasteiger partial charge in [0, 0.05) is 11.0 Å². The van der Waals surface area contributed by atoms with Gasteiger partial charge >= 0.3 is 6.18 Å². The van der Waals surface area contributed by atoms with Crippen LogP contribution in [0.5, 0.6) is 5.75 Å². The molecule has 12 heteroatoms. The van der Waals surface area contributed by atoms with Gasteiger partial charge in [0.1, 0.15) is 11.3 Å². The molecule has 2 amide bonds. The number of hydrogen-bond acceptors (Lipinski definition) is 3. The molecular weight excluding hydrogens is 668 g/mol. The van der Waals surface area contributed by atoms with Crippen LogP contribution in [-0.4, -0.2) is 30.6 Å². The Morgan fingerprint density at radius 1 is 1.05 bits per heavy atom. The number of allylic oxidation sites excluding steroid dienone is 1. The molecule has 1 atom stereocenters. The van der Waals surface area contributed by atoms with Crippen molar-refractivity contribution in [3.05, 3.63) is 102 Å². The second-order valence-corrected chi connectivity index (χ2v) is 11.5. The lowest BCUT2D eigenvalue weighted by molar-refractivity contribution is -0.139. The lowest BCUT2D eigenvalue weighted by atomic mass is 9.97. The van der Waals surface area contributed by atoms with Crippen molar-refractivity contribution in [2.75, 3.05) is 7.11 Å². The summed E-state index contributed by atoms with van der Waals surface area (Å²) in [4.78, 5) is 25.9. The molecule has 0 heterocycles. The molecule has 2 N–H and O–H groups in total. The third-order valence-corrected chi connectivity index (χ3v) is 8.44. The molecule has 0 aromatic heterocycles. The van der Waals surface area contributed by atoms with Crippen LogP contribution in [0.2, 0.25) is 15.1 Å². The molecule has 216 valence electrons. The number of carbonyl (C=O) groups is 2. The summed E-state index contributed by atoms with van der Waals surface area (Å²) in [6, 6.07) is 14.0. The molecule has 0 radical (unpaired) electrons. The Labute approximate surface area is 258 Å². The van der Waals surface area contributed by atoms with Crippen LogP contribution in [0.4, 0.5) is 13.2 Å². The normalized spacial score (nSPS) is 14.9. The molecule has 0 spiro atoms. The fraction of sp³-hybridized carbons (Fsp3) is 0.241. The van der Waals surface area contributed by atoms with E-state index in [4.69, 9.17) is 39.5 Å². The Kier molecular flexibility index (Phi) is 9.63. The Morgan fingerprint density at radius 2 is 1.68 bits per heavy atom. The Bertz CT molecular complexity index is 1470. The van der Waals surface area contributed by atoms with Gasteiger partial charge in [-0.15, -0.1) is 0 Å². The Balaban J connectivity index is 1.43. The summed E-state index contributed by atoms with van der Waals surface area (Å²) in [5, 5.41) is 5.46. The first-order chi connectivity index (χ1) is 19.3. The van der Waals surface area contributed by atoms with Crippen LogP contribution in [0.15, 0.2) is 65.1 Å². The monoisotopic (exact) mass is 688 g/mol. The van der Waals surface area contributed by atoms with E-state index < -0.39 is 23.5 Å². The topological polar surface area (TPSA) is 67.4 Å². The molecule has 41 heavy (non-hydrogen) atoms. The van der Waals surface area contributed by atoms with E-state index in [1.165, 1.54) is 24.3 Å². The van der Waals surface area contributed by atoms with Crippen LogP contribution < -0.4 is 15.4 Å². The molecule has 1 aliphatic rings. The first-order valence-corrected chi connectivity index (χ1v) is 14.2. The molecule has 1 fully saturated rings. The average molecular weight is 691 g/mol. The van der Waals surface area contributed by atoms with Crippen LogP contribution >= 0.6 is 50.7 Å². The summed E-state index contributed by atoms with van der Waals surface area (Å²) in [7, 11) is 1.57. The van der Waals surface area contributed by atoms with Gasteiger partial charge in [0.15, 0.2) is 0 Å². The SMILES string of the molecule is COc1ccc(CNC(=O)C2(NC(=O)c3ccc(/C=C/C(c4cc(Cl)c(Cl)c(Cl)c4)C(F)(F)F)cc3Br)CC2)cc1. The highest BCUT2D eigenvalue weighted by Crippen LogP contribution is 2.41. The zero-order chi connectivity index (χ0) is 29.9. The van der Waals surface area contributed by atoms with E-state index in [9.17, 15) is 22.8 Å². The van der Waals surface area contributed by atoms with Crippen molar-refractivity contribution in [1.82, 2.24) is 10.6 Å². The molecule has 1 saturated carbocycles. The van der Waals surface area contributed by atoms with Crippen molar-refractivity contribution in [2.24, 2.45) is 0 Å². The van der Waals surface area contributed by atoms with E-state index in [-0.39, 0.29) is 32.1 Å². The molecule has 1 unspecified atom stereocenters. The lowest BCUT2D eigenvalue weighted by Gasteiger charge is -2.19. The predicted molar refractivity (Wildman–Crippen MR) is 158 cm³/mol. The molecular formula is C29H23BrCl3F3N2O3. The van der Waals surface area contributed by atoms with E-state index >= 15 is 0 Å². The number of alkyl halides is 3. The fourth-order valence-corrected chi connectivity index (χ4v) is 5.29. The smallest absolute Gasteiger partial charge is 0.399 e. The first kappa shape index (κ1) is 31.2. The van der Waals surface area contributed by atoms with Gasteiger partial charge in [-0.2, -0.15) is 13.2 Å². The molecule has 5 nitrogen and oxygen atoms in total. The number of benzene rings is 3. The molecule has 1 aliphatic carbocycles. The third kappa shape index (κ3) is 7.57. The Hall–Kier alpha value is -2.72. The quantitative estimate of drug-likeness (QED) is 0.222. The van der Waals surface area contributed by atoms with Gasteiger partial charge in [-0.3, -0.25) is 9.59 Å². The minimum absolute atomic E-state index is 0.0255. The number of carbonyl (C=O) groups excluding carboxylic acids is 2. The summed E-state index contributed by atoms with van der Waals surface area (Å²) < 4.78 is 47.1. The predicted octanol–water partition coefficient (Wildman–Crippen LogP) is 8.36. The van der Waals surface area contributed by atoms with Crippen LogP contribution in [-0.2, 0) is 11.3 Å². The number of hydrogen-bond donors (Lipinski definition) is 2. The number of ether oxygens (including phenoxy) is 1. The summed E-state index contributed by atoms with van der Waals surface area (Å²) in [5.74, 6) is -2.07. The van der Waals surface area contributed by atoms with Gasteiger partial charge < -0.3 is 15.4 Å². The highest BCUT2D eigenvalue weighted by molar-refractivity contribution is 9.10. The minimum atomic E-state index is -4.62. The van der Waals surface area contributed by atoms with E-state index in [1.807, 2.05) is 12.1 Å². The molecule has 3 aromatic carbocycles. The van der Waals surface area contributed by atoms with Gasteiger partial charge in [-0.25, -0.2) is 0 Å². The van der Waals surface area contributed by atoms with E-state index in [0.29, 0.717) is 35.2 Å². The maximum atomic E-state index is 13.9. The van der Waals surface area contributed by atoms with Crippen molar-refractivity contribution in [2.45, 2.75) is 37.0 Å². The molecule has 4 rings (SSSR count). The summed E-state index contributed by atoms with van der Waals surface area (Å²) in [5.41, 5.74) is 0.348. The van der Waals surface area contributed by atoms with Gasteiger partial charge in [0.2, 0.25) is 5.91 Å². The van der Waals surface area contributed by atoms with E-state index in [2.05, 4.69) is 26.6 Å².